The fraction of sp³-hybridized carbons (Fsp3) is 0.458. The van der Waals surface area contributed by atoms with Gasteiger partial charge in [0.2, 0.25) is 0 Å². The Hall–Kier alpha value is -2.50. The first-order valence-electron chi connectivity index (χ1n) is 11.2. The number of ether oxygens (including phenoxy) is 3. The van der Waals surface area contributed by atoms with E-state index in [-0.39, 0.29) is 30.9 Å². The largest absolute Gasteiger partial charge is 0.487 e. The number of nitrogens with one attached hydrogen (secondary N) is 1. The summed E-state index contributed by atoms with van der Waals surface area (Å²) >= 11 is 8.22. The van der Waals surface area contributed by atoms with Crippen molar-refractivity contribution in [3.63, 3.8) is 0 Å². The fourth-order valence-corrected chi connectivity index (χ4v) is 4.18. The van der Waals surface area contributed by atoms with Gasteiger partial charge in [-0.1, -0.05) is 0 Å². The van der Waals surface area contributed by atoms with Crippen molar-refractivity contribution in [2.75, 3.05) is 29.9 Å². The molecule has 12 heteroatoms. The zero-order chi connectivity index (χ0) is 26.5. The molecular formula is C24H27BrClF2N3O5. The summed E-state index contributed by atoms with van der Waals surface area (Å²) < 4.78 is 41.4. The lowest BCUT2D eigenvalue weighted by Crippen LogP contribution is -2.26. The van der Waals surface area contributed by atoms with Gasteiger partial charge in [-0.05, 0) is 73.5 Å². The second-order valence-electron chi connectivity index (χ2n) is 9.12. The lowest BCUT2D eigenvalue weighted by molar-refractivity contribution is -0.156. The molecular weight excluding hydrogens is 564 g/mol. The van der Waals surface area contributed by atoms with E-state index in [0.717, 1.165) is 6.42 Å². The number of pyridine rings is 1. The van der Waals surface area contributed by atoms with Crippen molar-refractivity contribution in [2.45, 2.75) is 50.9 Å². The van der Waals surface area contributed by atoms with Gasteiger partial charge in [-0.3, -0.25) is 9.59 Å². The Kier molecular flexibility index (Phi) is 9.13. The van der Waals surface area contributed by atoms with Gasteiger partial charge >= 0.3 is 11.5 Å². The van der Waals surface area contributed by atoms with Crippen molar-refractivity contribution in [1.82, 2.24) is 4.98 Å². The van der Waals surface area contributed by atoms with E-state index in [9.17, 15) is 18.4 Å². The van der Waals surface area contributed by atoms with Crippen LogP contribution in [0.15, 0.2) is 41.0 Å². The van der Waals surface area contributed by atoms with Crippen LogP contribution in [0.5, 0.6) is 5.75 Å². The quantitative estimate of drug-likeness (QED) is 0.301. The van der Waals surface area contributed by atoms with E-state index in [1.807, 2.05) is 25.7 Å². The van der Waals surface area contributed by atoms with Crippen molar-refractivity contribution in [3.05, 3.63) is 46.6 Å². The summed E-state index contributed by atoms with van der Waals surface area (Å²) in [5.74, 6) is -0.180. The molecule has 1 aliphatic heterocycles. The summed E-state index contributed by atoms with van der Waals surface area (Å²) in [6.07, 6.45) is 2.38. The Morgan fingerprint density at radius 1 is 1.25 bits per heavy atom. The Morgan fingerprint density at radius 3 is 2.56 bits per heavy atom. The first kappa shape index (κ1) is 28.1. The molecule has 3 rings (SSSR count). The van der Waals surface area contributed by atoms with Gasteiger partial charge < -0.3 is 24.4 Å². The van der Waals surface area contributed by atoms with Crippen LogP contribution in [0.2, 0.25) is 0 Å². The molecule has 0 spiro atoms. The van der Waals surface area contributed by atoms with Gasteiger partial charge in [-0.2, -0.15) is 0 Å². The minimum atomic E-state index is -3.81. The van der Waals surface area contributed by atoms with Crippen molar-refractivity contribution < 1.29 is 32.6 Å². The molecule has 1 saturated heterocycles. The standard InChI is InChI=1S/C24H27BrClF2N3O5/c1-23(2,3)36-20(32)9-11-34-18-8-10-31(14-18)21-19(25)12-15(13-29-21)22(33)30-16-4-6-17(7-5-16)35-24(26,27)28/h4-7,12-13,18H,8-11,14H2,1-3H3,(H,30,33). The minimum Gasteiger partial charge on any atom is -0.460 e. The third-order valence-electron chi connectivity index (χ3n) is 4.95. The van der Waals surface area contributed by atoms with Crippen LogP contribution in [-0.2, 0) is 14.3 Å². The Balaban J connectivity index is 1.51. The van der Waals surface area contributed by atoms with Crippen LogP contribution in [0.25, 0.3) is 0 Å². The predicted molar refractivity (Wildman–Crippen MR) is 135 cm³/mol. The highest BCUT2D eigenvalue weighted by Gasteiger charge is 2.28. The molecule has 196 valence electrons. The average Bonchev–Trinajstić information content (AvgIpc) is 3.21. The molecule has 1 aliphatic rings. The number of hydrogen-bond donors (Lipinski definition) is 1. The second-order valence-corrected chi connectivity index (χ2v) is 10.4. The van der Waals surface area contributed by atoms with E-state index in [2.05, 4.69) is 31.0 Å². The highest BCUT2D eigenvalue weighted by molar-refractivity contribution is 9.10. The van der Waals surface area contributed by atoms with Crippen molar-refractivity contribution in [2.24, 2.45) is 0 Å². The van der Waals surface area contributed by atoms with E-state index in [1.54, 1.807) is 6.07 Å². The van der Waals surface area contributed by atoms with Crippen LogP contribution >= 0.6 is 27.5 Å². The molecule has 2 heterocycles. The molecule has 1 amide bonds. The molecule has 2 aromatic rings. The van der Waals surface area contributed by atoms with E-state index >= 15 is 0 Å². The molecule has 1 aromatic carbocycles. The number of anilines is 2. The third-order valence-corrected chi connectivity index (χ3v) is 5.61. The number of halogens is 4. The molecule has 1 atom stereocenters. The molecule has 0 radical (unpaired) electrons. The summed E-state index contributed by atoms with van der Waals surface area (Å²) in [6, 6.07) is 7.02. The number of aromatic nitrogens is 1. The molecule has 1 aromatic heterocycles. The lowest BCUT2D eigenvalue weighted by Gasteiger charge is -2.20. The highest BCUT2D eigenvalue weighted by atomic mass is 79.9. The molecule has 8 nitrogen and oxygen atoms in total. The molecule has 1 unspecified atom stereocenters. The maximum absolute atomic E-state index is 12.7. The van der Waals surface area contributed by atoms with Crippen LogP contribution < -0.4 is 15.0 Å². The first-order valence-corrected chi connectivity index (χ1v) is 12.4. The maximum atomic E-state index is 12.7. The summed E-state index contributed by atoms with van der Waals surface area (Å²) in [7, 11) is 0. The number of carbonyl (C=O) groups excluding carboxylic acids is 2. The SMILES string of the molecule is CC(C)(C)OC(=O)CCOC1CCN(c2ncc(C(=O)Nc3ccc(OC(F)(F)Cl)cc3)cc2Br)C1. The number of benzene rings is 1. The first-order chi connectivity index (χ1) is 16.8. The number of nitrogens with zero attached hydrogens (tertiary/aromatic N) is 2. The average molecular weight is 591 g/mol. The van der Waals surface area contributed by atoms with Gasteiger partial charge in [0.25, 0.3) is 5.91 Å². The summed E-state index contributed by atoms with van der Waals surface area (Å²) in [4.78, 5) is 30.9. The van der Waals surface area contributed by atoms with E-state index < -0.39 is 17.1 Å². The van der Waals surface area contributed by atoms with Gasteiger partial charge in [0.1, 0.15) is 17.2 Å². The number of alkyl halides is 3. The van der Waals surface area contributed by atoms with Crippen molar-refractivity contribution in [3.8, 4) is 5.75 Å². The number of amides is 1. The molecule has 0 aliphatic carbocycles. The van der Waals surface area contributed by atoms with Gasteiger partial charge in [-0.25, -0.2) is 4.98 Å². The Bertz CT molecular complexity index is 1080. The third kappa shape index (κ3) is 8.86. The van der Waals surface area contributed by atoms with Gasteiger partial charge in [0, 0.05) is 36.6 Å². The number of hydrogen-bond acceptors (Lipinski definition) is 7. The van der Waals surface area contributed by atoms with E-state index in [0.29, 0.717) is 34.6 Å². The Labute approximate surface area is 221 Å². The number of esters is 1. The summed E-state index contributed by atoms with van der Waals surface area (Å²) in [6.45, 7) is 7.06. The van der Waals surface area contributed by atoms with Crippen molar-refractivity contribution >= 4 is 50.9 Å². The summed E-state index contributed by atoms with van der Waals surface area (Å²) in [5, 5.41) is 2.67. The van der Waals surface area contributed by atoms with Crippen LogP contribution in [-0.4, -0.2) is 53.8 Å². The van der Waals surface area contributed by atoms with Crippen LogP contribution in [0, 0.1) is 0 Å². The molecule has 1 N–H and O–H groups in total. The van der Waals surface area contributed by atoms with Crippen LogP contribution in [0.4, 0.5) is 20.3 Å². The fourth-order valence-electron chi connectivity index (χ4n) is 3.49. The lowest BCUT2D eigenvalue weighted by atomic mass is 10.2. The predicted octanol–water partition coefficient (Wildman–Crippen LogP) is 5.59. The van der Waals surface area contributed by atoms with Crippen LogP contribution in [0.3, 0.4) is 0 Å². The normalized spacial score (nSPS) is 16.1. The molecule has 36 heavy (non-hydrogen) atoms. The zero-order valence-electron chi connectivity index (χ0n) is 20.0. The topological polar surface area (TPSA) is 90.0 Å². The van der Waals surface area contributed by atoms with Gasteiger partial charge in [0.05, 0.1) is 29.2 Å². The van der Waals surface area contributed by atoms with Gasteiger partial charge in [0.15, 0.2) is 0 Å². The zero-order valence-corrected chi connectivity index (χ0v) is 22.4. The van der Waals surface area contributed by atoms with Gasteiger partial charge in [-0.15, -0.1) is 8.78 Å². The highest BCUT2D eigenvalue weighted by Crippen LogP contribution is 2.29. The minimum absolute atomic E-state index is 0.0465. The smallest absolute Gasteiger partial charge is 0.460 e. The Morgan fingerprint density at radius 2 is 1.94 bits per heavy atom. The number of rotatable bonds is 9. The molecule has 1 fully saturated rings. The van der Waals surface area contributed by atoms with Crippen molar-refractivity contribution in [1.29, 1.82) is 0 Å². The number of carbonyl (C=O) groups is 2. The molecule has 0 saturated carbocycles. The van der Waals surface area contributed by atoms with E-state index in [4.69, 9.17) is 21.1 Å². The summed E-state index contributed by atoms with van der Waals surface area (Å²) in [5.41, 5.74) is -3.64. The van der Waals surface area contributed by atoms with E-state index in [1.165, 1.54) is 30.5 Å². The molecule has 0 bridgehead atoms. The monoisotopic (exact) mass is 589 g/mol. The maximum Gasteiger partial charge on any atom is 0.487 e. The van der Waals surface area contributed by atoms with Crippen LogP contribution in [0.1, 0.15) is 44.0 Å². The second kappa shape index (κ2) is 11.7.